The minimum absolute atomic E-state index is 0.202. The largest absolute Gasteiger partial charge is 0.453 e. The highest BCUT2D eigenvalue weighted by Gasteiger charge is 2.33. The number of nitrogens with zero attached hydrogens (tertiary/aromatic N) is 1. The van der Waals surface area contributed by atoms with Gasteiger partial charge in [-0.1, -0.05) is 0 Å². The van der Waals surface area contributed by atoms with Gasteiger partial charge in [-0.15, -0.1) is 0 Å². The van der Waals surface area contributed by atoms with Crippen LogP contribution in [0.15, 0.2) is 0 Å². The SMILES string of the molecule is COC(=O)N1CCC[C@](C)(OC)C1. The zero-order valence-corrected chi connectivity index (χ0v) is 8.50. The standard InChI is InChI=1S/C9H17NO3/c1-9(13-3)5-4-6-10(7-9)8(11)12-2/h4-7H2,1-3H3/t9-/m0/s1. The first-order valence-corrected chi connectivity index (χ1v) is 4.49. The molecule has 1 saturated heterocycles. The van der Waals surface area contributed by atoms with Crippen molar-refractivity contribution in [3.63, 3.8) is 0 Å². The maximum atomic E-state index is 11.2. The molecular weight excluding hydrogens is 170 g/mol. The topological polar surface area (TPSA) is 38.8 Å². The van der Waals surface area contributed by atoms with Gasteiger partial charge >= 0.3 is 6.09 Å². The summed E-state index contributed by atoms with van der Waals surface area (Å²) in [5.41, 5.74) is -0.202. The van der Waals surface area contributed by atoms with Gasteiger partial charge < -0.3 is 14.4 Å². The summed E-state index contributed by atoms with van der Waals surface area (Å²) < 4.78 is 10.0. The molecule has 13 heavy (non-hydrogen) atoms. The fraction of sp³-hybridized carbons (Fsp3) is 0.889. The van der Waals surface area contributed by atoms with E-state index in [4.69, 9.17) is 4.74 Å². The molecule has 4 heteroatoms. The van der Waals surface area contributed by atoms with Gasteiger partial charge in [0, 0.05) is 13.7 Å². The van der Waals surface area contributed by atoms with Gasteiger partial charge in [-0.2, -0.15) is 0 Å². The summed E-state index contributed by atoms with van der Waals surface area (Å²) in [7, 11) is 3.09. The van der Waals surface area contributed by atoms with Crippen LogP contribution >= 0.6 is 0 Å². The molecule has 1 rings (SSSR count). The van der Waals surface area contributed by atoms with Crippen LogP contribution in [-0.2, 0) is 9.47 Å². The molecule has 0 saturated carbocycles. The van der Waals surface area contributed by atoms with Gasteiger partial charge in [0.25, 0.3) is 0 Å². The maximum absolute atomic E-state index is 11.2. The van der Waals surface area contributed by atoms with E-state index in [1.165, 1.54) is 7.11 Å². The number of hydrogen-bond donors (Lipinski definition) is 0. The van der Waals surface area contributed by atoms with Crippen LogP contribution in [-0.4, -0.2) is 43.9 Å². The van der Waals surface area contributed by atoms with Gasteiger partial charge in [0.2, 0.25) is 0 Å². The summed E-state index contributed by atoms with van der Waals surface area (Å²) in [5, 5.41) is 0. The van der Waals surface area contributed by atoms with E-state index in [-0.39, 0.29) is 11.7 Å². The monoisotopic (exact) mass is 187 g/mol. The highest BCUT2D eigenvalue weighted by Crippen LogP contribution is 2.23. The van der Waals surface area contributed by atoms with Gasteiger partial charge in [0.15, 0.2) is 0 Å². The predicted molar refractivity (Wildman–Crippen MR) is 48.6 cm³/mol. The highest BCUT2D eigenvalue weighted by molar-refractivity contribution is 5.67. The molecule has 4 nitrogen and oxygen atoms in total. The van der Waals surface area contributed by atoms with Gasteiger partial charge in [-0.25, -0.2) is 4.79 Å². The molecule has 0 aromatic rings. The number of carbonyl (C=O) groups is 1. The van der Waals surface area contributed by atoms with Crippen LogP contribution in [0.4, 0.5) is 4.79 Å². The van der Waals surface area contributed by atoms with Crippen LogP contribution in [0.1, 0.15) is 19.8 Å². The van der Waals surface area contributed by atoms with Crippen molar-refractivity contribution in [3.05, 3.63) is 0 Å². The molecule has 1 amide bonds. The molecule has 1 aliphatic rings. The Morgan fingerprint density at radius 1 is 1.46 bits per heavy atom. The first-order chi connectivity index (χ1) is 6.11. The Kier molecular flexibility index (Phi) is 3.14. The molecule has 1 heterocycles. The third-order valence-corrected chi connectivity index (χ3v) is 2.58. The molecule has 0 unspecified atom stereocenters. The van der Waals surface area contributed by atoms with Crippen molar-refractivity contribution in [1.29, 1.82) is 0 Å². The number of amides is 1. The van der Waals surface area contributed by atoms with Crippen molar-refractivity contribution >= 4 is 6.09 Å². The van der Waals surface area contributed by atoms with Crippen LogP contribution in [0.3, 0.4) is 0 Å². The van der Waals surface area contributed by atoms with E-state index in [9.17, 15) is 4.79 Å². The van der Waals surface area contributed by atoms with Crippen LogP contribution in [0, 0.1) is 0 Å². The van der Waals surface area contributed by atoms with Crippen molar-refractivity contribution in [1.82, 2.24) is 4.90 Å². The van der Waals surface area contributed by atoms with Crippen LogP contribution in [0.5, 0.6) is 0 Å². The summed E-state index contributed by atoms with van der Waals surface area (Å²) in [6.07, 6.45) is 1.71. The lowest BCUT2D eigenvalue weighted by Crippen LogP contribution is -2.49. The highest BCUT2D eigenvalue weighted by atomic mass is 16.5. The van der Waals surface area contributed by atoms with Crippen molar-refractivity contribution in [2.45, 2.75) is 25.4 Å². The van der Waals surface area contributed by atoms with E-state index >= 15 is 0 Å². The molecule has 0 aromatic heterocycles. The fourth-order valence-corrected chi connectivity index (χ4v) is 1.66. The van der Waals surface area contributed by atoms with Crippen LogP contribution < -0.4 is 0 Å². The van der Waals surface area contributed by atoms with Gasteiger partial charge in [-0.05, 0) is 19.8 Å². The van der Waals surface area contributed by atoms with E-state index in [2.05, 4.69) is 4.74 Å². The molecule has 0 spiro atoms. The number of ether oxygens (including phenoxy) is 2. The Hall–Kier alpha value is -0.770. The molecule has 0 bridgehead atoms. The molecule has 76 valence electrons. The molecule has 1 atom stereocenters. The Balaban J connectivity index is 2.56. The van der Waals surface area contributed by atoms with Gasteiger partial charge in [-0.3, -0.25) is 0 Å². The quantitative estimate of drug-likeness (QED) is 0.620. The summed E-state index contributed by atoms with van der Waals surface area (Å²) in [6, 6.07) is 0. The zero-order chi connectivity index (χ0) is 9.90. The number of carbonyl (C=O) groups excluding carboxylic acids is 1. The van der Waals surface area contributed by atoms with E-state index < -0.39 is 0 Å². The molecular formula is C9H17NO3. The van der Waals surface area contributed by atoms with Crippen LogP contribution in [0.2, 0.25) is 0 Å². The lowest BCUT2D eigenvalue weighted by molar-refractivity contribution is -0.0465. The lowest BCUT2D eigenvalue weighted by Gasteiger charge is -2.38. The average Bonchev–Trinajstić information content (AvgIpc) is 2.17. The number of rotatable bonds is 1. The number of methoxy groups -OCH3 is 2. The molecule has 1 fully saturated rings. The second-order valence-corrected chi connectivity index (χ2v) is 3.65. The Labute approximate surface area is 78.8 Å². The molecule has 1 aliphatic heterocycles. The molecule has 0 radical (unpaired) electrons. The Morgan fingerprint density at radius 2 is 2.15 bits per heavy atom. The van der Waals surface area contributed by atoms with E-state index in [1.807, 2.05) is 6.92 Å². The molecule has 0 aromatic carbocycles. The minimum atomic E-state index is -0.261. The van der Waals surface area contributed by atoms with Crippen molar-refractivity contribution in [2.75, 3.05) is 27.3 Å². The fourth-order valence-electron chi connectivity index (χ4n) is 1.66. The second-order valence-electron chi connectivity index (χ2n) is 3.65. The second kappa shape index (κ2) is 3.96. The van der Waals surface area contributed by atoms with Crippen molar-refractivity contribution in [3.8, 4) is 0 Å². The normalized spacial score (nSPS) is 28.7. The average molecular weight is 187 g/mol. The third kappa shape index (κ3) is 2.34. The summed E-state index contributed by atoms with van der Waals surface area (Å²) in [4.78, 5) is 12.9. The maximum Gasteiger partial charge on any atom is 0.409 e. The van der Waals surface area contributed by atoms with E-state index in [0.717, 1.165) is 19.4 Å². The van der Waals surface area contributed by atoms with Crippen molar-refractivity contribution in [2.24, 2.45) is 0 Å². The number of hydrogen-bond acceptors (Lipinski definition) is 3. The zero-order valence-electron chi connectivity index (χ0n) is 8.50. The van der Waals surface area contributed by atoms with Crippen molar-refractivity contribution < 1.29 is 14.3 Å². The minimum Gasteiger partial charge on any atom is -0.453 e. The summed E-state index contributed by atoms with van der Waals surface area (Å²) in [5.74, 6) is 0. The summed E-state index contributed by atoms with van der Waals surface area (Å²) >= 11 is 0. The third-order valence-electron chi connectivity index (χ3n) is 2.58. The lowest BCUT2D eigenvalue weighted by atomic mass is 9.95. The smallest absolute Gasteiger partial charge is 0.409 e. The first kappa shape index (κ1) is 10.3. The summed E-state index contributed by atoms with van der Waals surface area (Å²) in [6.45, 7) is 3.41. The Bertz CT molecular complexity index is 195. The first-order valence-electron chi connectivity index (χ1n) is 4.49. The van der Waals surface area contributed by atoms with Crippen LogP contribution in [0.25, 0.3) is 0 Å². The number of piperidine rings is 1. The van der Waals surface area contributed by atoms with E-state index in [1.54, 1.807) is 12.0 Å². The molecule has 0 aliphatic carbocycles. The molecule has 0 N–H and O–H groups in total. The predicted octanol–water partition coefficient (Wildman–Crippen LogP) is 1.25. The van der Waals surface area contributed by atoms with Gasteiger partial charge in [0.05, 0.1) is 19.3 Å². The number of likely N-dealkylation sites (tertiary alicyclic amines) is 1. The van der Waals surface area contributed by atoms with Gasteiger partial charge in [0.1, 0.15) is 0 Å². The Morgan fingerprint density at radius 3 is 2.69 bits per heavy atom. The van der Waals surface area contributed by atoms with E-state index in [0.29, 0.717) is 6.54 Å².